The predicted molar refractivity (Wildman–Crippen MR) is 118 cm³/mol. The van der Waals surface area contributed by atoms with Crippen molar-refractivity contribution < 1.29 is 8.42 Å². The van der Waals surface area contributed by atoms with Gasteiger partial charge >= 0.3 is 0 Å². The lowest BCUT2D eigenvalue weighted by atomic mass is 10.1. The number of nitrogens with zero attached hydrogens (tertiary/aromatic N) is 3. The lowest BCUT2D eigenvalue weighted by Gasteiger charge is -2.14. The van der Waals surface area contributed by atoms with E-state index in [-0.39, 0.29) is 4.90 Å². The summed E-state index contributed by atoms with van der Waals surface area (Å²) in [6.45, 7) is 3.79. The van der Waals surface area contributed by atoms with E-state index in [0.717, 1.165) is 16.7 Å². The summed E-state index contributed by atoms with van der Waals surface area (Å²) < 4.78 is 27.6. The molecule has 0 atom stereocenters. The lowest BCUT2D eigenvalue weighted by molar-refractivity contribution is 0.595. The van der Waals surface area contributed by atoms with Crippen LogP contribution < -0.4 is 4.83 Å². The SMILES string of the molecule is Cc1ccc(S(=O)(=O)Nn2c(-c3ccccc3)nnc2-c2ccc(C)c(Cl)c2)cc1. The van der Waals surface area contributed by atoms with Gasteiger partial charge in [0, 0.05) is 16.1 Å². The molecule has 0 unspecified atom stereocenters. The minimum atomic E-state index is -3.88. The molecule has 1 aromatic heterocycles. The van der Waals surface area contributed by atoms with E-state index in [0.29, 0.717) is 22.2 Å². The van der Waals surface area contributed by atoms with Crippen molar-refractivity contribution in [1.82, 2.24) is 14.9 Å². The van der Waals surface area contributed by atoms with Gasteiger partial charge in [0.05, 0.1) is 4.90 Å². The average Bonchev–Trinajstić information content (AvgIpc) is 3.14. The number of benzene rings is 3. The van der Waals surface area contributed by atoms with Crippen molar-refractivity contribution in [1.29, 1.82) is 0 Å². The molecule has 0 fully saturated rings. The van der Waals surface area contributed by atoms with Crippen molar-refractivity contribution in [3.8, 4) is 22.8 Å². The van der Waals surface area contributed by atoms with Gasteiger partial charge in [0.25, 0.3) is 10.0 Å². The van der Waals surface area contributed by atoms with Gasteiger partial charge in [-0.25, -0.2) is 9.51 Å². The number of hydrogen-bond acceptors (Lipinski definition) is 4. The van der Waals surface area contributed by atoms with Gasteiger partial charge in [-0.1, -0.05) is 71.8 Å². The molecule has 0 aliphatic carbocycles. The molecule has 1 N–H and O–H groups in total. The van der Waals surface area contributed by atoms with E-state index in [1.807, 2.05) is 56.3 Å². The molecule has 1 heterocycles. The summed E-state index contributed by atoms with van der Waals surface area (Å²) in [5.41, 5.74) is 3.25. The summed E-state index contributed by atoms with van der Waals surface area (Å²) in [7, 11) is -3.88. The zero-order valence-corrected chi connectivity index (χ0v) is 17.9. The molecular formula is C22H19ClN4O2S. The van der Waals surface area contributed by atoms with Gasteiger partial charge in [0.2, 0.25) is 0 Å². The van der Waals surface area contributed by atoms with Gasteiger partial charge in [-0.2, -0.15) is 8.42 Å². The molecule has 8 heteroatoms. The van der Waals surface area contributed by atoms with Gasteiger partial charge in [-0.3, -0.25) is 0 Å². The minimum Gasteiger partial charge on any atom is -0.213 e. The van der Waals surface area contributed by atoms with Crippen molar-refractivity contribution in [3.63, 3.8) is 0 Å². The third kappa shape index (κ3) is 3.94. The third-order valence-electron chi connectivity index (χ3n) is 4.67. The van der Waals surface area contributed by atoms with Crippen LogP contribution in [0, 0.1) is 13.8 Å². The number of aromatic nitrogens is 3. The molecule has 0 radical (unpaired) electrons. The Kier molecular flexibility index (Phi) is 5.32. The zero-order valence-electron chi connectivity index (χ0n) is 16.4. The van der Waals surface area contributed by atoms with Gasteiger partial charge in [-0.05, 0) is 37.6 Å². The summed E-state index contributed by atoms with van der Waals surface area (Å²) in [6.07, 6.45) is 0. The van der Waals surface area contributed by atoms with E-state index >= 15 is 0 Å². The standard InChI is InChI=1S/C22H19ClN4O2S/c1-15-8-12-19(13-9-15)30(28,29)26-27-21(17-6-4-3-5-7-17)24-25-22(27)18-11-10-16(2)20(23)14-18/h3-14,26H,1-2H3. The summed E-state index contributed by atoms with van der Waals surface area (Å²) in [4.78, 5) is 2.77. The van der Waals surface area contributed by atoms with Gasteiger partial charge in [0.15, 0.2) is 11.6 Å². The largest absolute Gasteiger partial charge is 0.275 e. The molecule has 0 aliphatic heterocycles. The fourth-order valence-electron chi connectivity index (χ4n) is 2.95. The second-order valence-corrected chi connectivity index (χ2v) is 8.99. The molecule has 152 valence electrons. The van der Waals surface area contributed by atoms with Crippen molar-refractivity contribution in [2.45, 2.75) is 18.7 Å². The number of nitrogens with one attached hydrogen (secondary N) is 1. The summed E-state index contributed by atoms with van der Waals surface area (Å²) in [5.74, 6) is 0.712. The van der Waals surface area contributed by atoms with Gasteiger partial charge in [-0.15, -0.1) is 10.2 Å². The fraction of sp³-hybridized carbons (Fsp3) is 0.0909. The van der Waals surface area contributed by atoms with Crippen LogP contribution in [0.3, 0.4) is 0 Å². The third-order valence-corrected chi connectivity index (χ3v) is 6.39. The number of aryl methyl sites for hydroxylation is 2. The topological polar surface area (TPSA) is 76.9 Å². The molecule has 0 bridgehead atoms. The first-order valence-corrected chi connectivity index (χ1v) is 11.1. The van der Waals surface area contributed by atoms with E-state index < -0.39 is 10.0 Å². The molecule has 0 saturated carbocycles. The van der Waals surface area contributed by atoms with Crippen LogP contribution >= 0.6 is 11.6 Å². The van der Waals surface area contributed by atoms with Crippen LogP contribution in [0.4, 0.5) is 0 Å². The summed E-state index contributed by atoms with van der Waals surface area (Å²) in [6, 6.07) is 21.3. The lowest BCUT2D eigenvalue weighted by Crippen LogP contribution is -2.25. The Morgan fingerprint density at radius 1 is 0.833 bits per heavy atom. The minimum absolute atomic E-state index is 0.147. The van der Waals surface area contributed by atoms with Crippen LogP contribution in [0.25, 0.3) is 22.8 Å². The van der Waals surface area contributed by atoms with Crippen molar-refractivity contribution in [3.05, 3.63) is 88.9 Å². The molecule has 0 aliphatic rings. The Hall–Kier alpha value is -3.16. The second kappa shape index (κ2) is 7.93. The highest BCUT2D eigenvalue weighted by Gasteiger charge is 2.22. The normalized spacial score (nSPS) is 11.4. The van der Waals surface area contributed by atoms with Crippen molar-refractivity contribution in [2.24, 2.45) is 0 Å². The maximum atomic E-state index is 13.1. The molecule has 4 rings (SSSR count). The van der Waals surface area contributed by atoms with Crippen LogP contribution in [-0.2, 0) is 10.0 Å². The average molecular weight is 439 g/mol. The predicted octanol–water partition coefficient (Wildman–Crippen LogP) is 4.81. The second-order valence-electron chi connectivity index (χ2n) is 6.92. The maximum absolute atomic E-state index is 13.1. The van der Waals surface area contributed by atoms with Crippen LogP contribution in [-0.4, -0.2) is 23.3 Å². The number of hydrogen-bond donors (Lipinski definition) is 1. The van der Waals surface area contributed by atoms with Crippen molar-refractivity contribution >= 4 is 21.6 Å². The van der Waals surface area contributed by atoms with Gasteiger partial charge < -0.3 is 0 Å². The quantitative estimate of drug-likeness (QED) is 0.484. The number of sulfonamides is 1. The highest BCUT2D eigenvalue weighted by Crippen LogP contribution is 2.27. The first-order chi connectivity index (χ1) is 14.3. The van der Waals surface area contributed by atoms with Crippen LogP contribution in [0.2, 0.25) is 5.02 Å². The Morgan fingerprint density at radius 3 is 2.10 bits per heavy atom. The Labute approximate surface area is 180 Å². The molecule has 0 amide bonds. The number of rotatable bonds is 5. The van der Waals surface area contributed by atoms with E-state index in [4.69, 9.17) is 11.6 Å². The van der Waals surface area contributed by atoms with E-state index in [1.165, 1.54) is 4.68 Å². The molecule has 30 heavy (non-hydrogen) atoms. The highest BCUT2D eigenvalue weighted by molar-refractivity contribution is 7.92. The number of halogens is 1. The van der Waals surface area contributed by atoms with Crippen LogP contribution in [0.15, 0.2) is 77.7 Å². The summed E-state index contributed by atoms with van der Waals surface area (Å²) in [5, 5.41) is 9.06. The Bertz CT molecular complexity index is 1300. The summed E-state index contributed by atoms with van der Waals surface area (Å²) >= 11 is 6.29. The maximum Gasteiger partial charge on any atom is 0.275 e. The van der Waals surface area contributed by atoms with Crippen LogP contribution in [0.5, 0.6) is 0 Å². The van der Waals surface area contributed by atoms with Crippen LogP contribution in [0.1, 0.15) is 11.1 Å². The molecule has 4 aromatic rings. The first-order valence-electron chi connectivity index (χ1n) is 9.22. The molecule has 0 saturated heterocycles. The fourth-order valence-corrected chi connectivity index (χ4v) is 4.15. The zero-order chi connectivity index (χ0) is 21.3. The molecule has 3 aromatic carbocycles. The smallest absolute Gasteiger partial charge is 0.213 e. The molecule has 0 spiro atoms. The van der Waals surface area contributed by atoms with Gasteiger partial charge in [0.1, 0.15) is 0 Å². The molecular weight excluding hydrogens is 420 g/mol. The monoisotopic (exact) mass is 438 g/mol. The Balaban J connectivity index is 1.86. The van der Waals surface area contributed by atoms with E-state index in [1.54, 1.807) is 30.3 Å². The van der Waals surface area contributed by atoms with E-state index in [9.17, 15) is 8.42 Å². The molecule has 6 nitrogen and oxygen atoms in total. The van der Waals surface area contributed by atoms with Crippen molar-refractivity contribution in [2.75, 3.05) is 4.83 Å². The highest BCUT2D eigenvalue weighted by atomic mass is 35.5. The Morgan fingerprint density at radius 2 is 1.47 bits per heavy atom. The first kappa shape index (κ1) is 20.1. The van der Waals surface area contributed by atoms with E-state index in [2.05, 4.69) is 15.0 Å².